The monoisotopic (exact) mass is 171 g/mol. The maximum absolute atomic E-state index is 3.99. The van der Waals surface area contributed by atoms with Gasteiger partial charge in [-0.05, 0) is 0 Å². The Hall–Kier alpha value is 0.0564. The molecule has 0 saturated carbocycles. The maximum atomic E-state index is 3.99. The van der Waals surface area contributed by atoms with Gasteiger partial charge in [0.1, 0.15) is 11.8 Å². The van der Waals surface area contributed by atoms with Gasteiger partial charge in [0.2, 0.25) is 0 Å². The predicted molar refractivity (Wildman–Crippen MR) is 40.9 cm³/mol. The molecule has 1 radical (unpaired) electrons. The molecule has 0 amide bonds. The van der Waals surface area contributed by atoms with Crippen LogP contribution in [0.25, 0.3) is 11.2 Å². The topological polar surface area (TPSA) is 51.6 Å². The summed E-state index contributed by atoms with van der Waals surface area (Å²) in [7, 11) is 0. The minimum atomic E-state index is 0. The van der Waals surface area contributed by atoms with Crippen LogP contribution >= 0.6 is 0 Å². The summed E-state index contributed by atoms with van der Waals surface area (Å²) in [6.07, 6.45) is 6.31. The van der Waals surface area contributed by atoms with Gasteiger partial charge in [-0.2, -0.15) is 0 Å². The summed E-state index contributed by atoms with van der Waals surface area (Å²) < 4.78 is 0. The van der Waals surface area contributed by atoms with E-state index >= 15 is 0 Å². The zero-order valence-electron chi connectivity index (χ0n) is 6.10. The molecular weight excluding hydrogens is 167 g/mol. The molecule has 2 rings (SSSR count). The van der Waals surface area contributed by atoms with Crippen LogP contribution in [0.5, 0.6) is 0 Å². The van der Waals surface area contributed by atoms with Crippen LogP contribution in [0.1, 0.15) is 0 Å². The summed E-state index contributed by atoms with van der Waals surface area (Å²) in [5, 5.41) is 0. The first-order valence-corrected chi connectivity index (χ1v) is 2.83. The van der Waals surface area contributed by atoms with Crippen LogP contribution in [0.3, 0.4) is 0 Å². The molecular formula is C6H4KN4. The smallest absolute Gasteiger partial charge is 0.181 e. The number of fused-ring (bicyclic) bond motifs is 1. The molecule has 0 atom stereocenters. The van der Waals surface area contributed by atoms with E-state index < -0.39 is 0 Å². The fraction of sp³-hybridized carbons (Fsp3) is 0. The Labute approximate surface area is 106 Å². The summed E-state index contributed by atoms with van der Waals surface area (Å²) in [6.45, 7) is 0. The van der Waals surface area contributed by atoms with Gasteiger partial charge in [-0.1, -0.05) is 0 Å². The summed E-state index contributed by atoms with van der Waals surface area (Å²) in [6, 6.07) is 0. The number of nitrogens with zero attached hydrogens (tertiary/aromatic N) is 4. The fourth-order valence-corrected chi connectivity index (χ4v) is 0.724. The van der Waals surface area contributed by atoms with Gasteiger partial charge >= 0.3 is 0 Å². The van der Waals surface area contributed by atoms with Gasteiger partial charge in [0.25, 0.3) is 0 Å². The van der Waals surface area contributed by atoms with Crippen molar-refractivity contribution < 1.29 is 0 Å². The zero-order valence-corrected chi connectivity index (χ0v) is 9.22. The molecule has 2 aromatic rings. The van der Waals surface area contributed by atoms with Gasteiger partial charge in [-0.3, -0.25) is 0 Å². The molecule has 11 heavy (non-hydrogen) atoms. The van der Waals surface area contributed by atoms with Crippen molar-refractivity contribution in [3.8, 4) is 0 Å². The predicted octanol–water partition coefficient (Wildman–Crippen LogP) is 0.0390. The molecule has 2 aromatic heterocycles. The standard InChI is InChI=1S/C6H4N4.K/c1-2-9-6-5(8-1)3-7-4-10-6;/h1-4H;. The Balaban J connectivity index is 0.000000605. The largest absolute Gasteiger partial charge is 0.250 e. The number of hydrogen-bond donors (Lipinski definition) is 0. The first kappa shape index (κ1) is 9.15. The minimum absolute atomic E-state index is 0. The Bertz CT molecular complexity index is 286. The van der Waals surface area contributed by atoms with Crippen LogP contribution in [0.15, 0.2) is 24.9 Å². The second kappa shape index (κ2) is 4.17. The molecule has 0 bridgehead atoms. The van der Waals surface area contributed by atoms with E-state index in [1.165, 1.54) is 6.33 Å². The van der Waals surface area contributed by atoms with Gasteiger partial charge in [0.05, 0.1) is 6.20 Å². The molecule has 0 spiro atoms. The minimum Gasteiger partial charge on any atom is -0.250 e. The maximum Gasteiger partial charge on any atom is 0.181 e. The molecule has 0 aliphatic carbocycles. The number of hydrogen-bond acceptors (Lipinski definition) is 4. The molecule has 0 aliphatic rings. The Morgan fingerprint density at radius 2 is 1.82 bits per heavy atom. The van der Waals surface area contributed by atoms with Gasteiger partial charge < -0.3 is 0 Å². The molecule has 2 heterocycles. The van der Waals surface area contributed by atoms with Gasteiger partial charge in [-0.15, -0.1) is 0 Å². The number of aromatic nitrogens is 4. The van der Waals surface area contributed by atoms with Crippen LogP contribution in [-0.4, -0.2) is 71.3 Å². The summed E-state index contributed by atoms with van der Waals surface area (Å²) >= 11 is 0. The quantitative estimate of drug-likeness (QED) is 0.525. The molecule has 0 aromatic carbocycles. The van der Waals surface area contributed by atoms with Crippen LogP contribution < -0.4 is 0 Å². The van der Waals surface area contributed by atoms with Crippen LogP contribution in [0.2, 0.25) is 0 Å². The van der Waals surface area contributed by atoms with Crippen molar-refractivity contribution in [2.45, 2.75) is 0 Å². The van der Waals surface area contributed by atoms with E-state index in [0.29, 0.717) is 5.65 Å². The van der Waals surface area contributed by atoms with Crippen molar-refractivity contribution in [2.24, 2.45) is 0 Å². The Morgan fingerprint density at radius 1 is 1.00 bits per heavy atom. The second-order valence-electron chi connectivity index (χ2n) is 1.79. The average Bonchev–Trinajstić information content (AvgIpc) is 2.05. The van der Waals surface area contributed by atoms with Crippen molar-refractivity contribution in [1.82, 2.24) is 19.9 Å². The zero-order chi connectivity index (χ0) is 6.81. The van der Waals surface area contributed by atoms with E-state index in [1.54, 1.807) is 18.6 Å². The van der Waals surface area contributed by atoms with Crippen molar-refractivity contribution >= 4 is 62.5 Å². The first-order valence-electron chi connectivity index (χ1n) is 2.83. The van der Waals surface area contributed by atoms with E-state index in [0.717, 1.165) is 5.52 Å². The molecule has 0 unspecified atom stereocenters. The van der Waals surface area contributed by atoms with Gasteiger partial charge in [-0.25, -0.2) is 19.9 Å². The second-order valence-corrected chi connectivity index (χ2v) is 1.79. The van der Waals surface area contributed by atoms with E-state index in [1.807, 2.05) is 0 Å². The Kier molecular flexibility index (Phi) is 3.47. The van der Waals surface area contributed by atoms with E-state index in [9.17, 15) is 0 Å². The van der Waals surface area contributed by atoms with Crippen molar-refractivity contribution in [3.63, 3.8) is 0 Å². The van der Waals surface area contributed by atoms with E-state index in [-0.39, 0.29) is 51.4 Å². The SMILES string of the molecule is [K].c1cnc2ncncc2n1. The fourth-order valence-electron chi connectivity index (χ4n) is 0.724. The van der Waals surface area contributed by atoms with Crippen LogP contribution in [0, 0.1) is 0 Å². The number of rotatable bonds is 0. The third-order valence-corrected chi connectivity index (χ3v) is 1.15. The summed E-state index contributed by atoms with van der Waals surface area (Å²) in [5.74, 6) is 0. The van der Waals surface area contributed by atoms with E-state index in [4.69, 9.17) is 0 Å². The molecule has 4 nitrogen and oxygen atoms in total. The molecule has 0 N–H and O–H groups in total. The van der Waals surface area contributed by atoms with Gasteiger partial charge in [0, 0.05) is 63.8 Å². The van der Waals surface area contributed by atoms with Gasteiger partial charge in [0.15, 0.2) is 5.65 Å². The molecule has 5 heteroatoms. The van der Waals surface area contributed by atoms with Crippen molar-refractivity contribution in [3.05, 3.63) is 24.9 Å². The average molecular weight is 171 g/mol. The molecule has 49 valence electrons. The Morgan fingerprint density at radius 3 is 2.64 bits per heavy atom. The first-order chi connectivity index (χ1) is 4.97. The summed E-state index contributed by atoms with van der Waals surface area (Å²) in [4.78, 5) is 15.7. The normalized spacial score (nSPS) is 9.09. The molecule has 0 fully saturated rings. The molecule has 0 aliphatic heterocycles. The summed E-state index contributed by atoms with van der Waals surface area (Å²) in [5.41, 5.74) is 1.36. The molecule has 0 saturated heterocycles. The van der Waals surface area contributed by atoms with Crippen LogP contribution in [-0.2, 0) is 0 Å². The van der Waals surface area contributed by atoms with Crippen molar-refractivity contribution in [2.75, 3.05) is 0 Å². The van der Waals surface area contributed by atoms with E-state index in [2.05, 4.69) is 19.9 Å². The van der Waals surface area contributed by atoms with Crippen molar-refractivity contribution in [1.29, 1.82) is 0 Å². The van der Waals surface area contributed by atoms with Crippen LogP contribution in [0.4, 0.5) is 0 Å². The third kappa shape index (κ3) is 2.00. The third-order valence-electron chi connectivity index (χ3n) is 1.15.